The van der Waals surface area contributed by atoms with Crippen molar-refractivity contribution in [3.8, 4) is 0 Å². The Balaban J connectivity index is 1.94. The SMILES string of the molecule is CCC(O)c1ccc(N(C)CCc2ccccc2)cc1. The first kappa shape index (κ1) is 14.6. The van der Waals surface area contributed by atoms with Crippen LogP contribution in [0.2, 0.25) is 0 Å². The normalized spacial score (nSPS) is 12.2. The Morgan fingerprint density at radius 1 is 1.00 bits per heavy atom. The molecule has 2 rings (SSSR count). The standard InChI is InChI=1S/C18H23NO/c1-3-18(20)16-9-11-17(12-10-16)19(2)14-13-15-7-5-4-6-8-15/h4-12,18,20H,3,13-14H2,1-2H3. The molecule has 0 fully saturated rings. The molecule has 2 aromatic rings. The highest BCUT2D eigenvalue weighted by molar-refractivity contribution is 5.47. The summed E-state index contributed by atoms with van der Waals surface area (Å²) in [7, 11) is 2.11. The van der Waals surface area contributed by atoms with Crippen molar-refractivity contribution in [2.75, 3.05) is 18.5 Å². The summed E-state index contributed by atoms with van der Waals surface area (Å²) >= 11 is 0. The smallest absolute Gasteiger partial charge is 0.0787 e. The summed E-state index contributed by atoms with van der Waals surface area (Å²) in [5, 5.41) is 9.80. The van der Waals surface area contributed by atoms with Gasteiger partial charge in [-0.1, -0.05) is 49.4 Å². The van der Waals surface area contributed by atoms with Crippen LogP contribution < -0.4 is 4.90 Å². The maximum absolute atomic E-state index is 9.80. The third-order valence-electron chi connectivity index (χ3n) is 3.68. The van der Waals surface area contributed by atoms with Crippen LogP contribution in [0.5, 0.6) is 0 Å². The minimum absolute atomic E-state index is 0.348. The van der Waals surface area contributed by atoms with Gasteiger partial charge in [0.05, 0.1) is 6.10 Å². The molecule has 0 saturated heterocycles. The molecule has 0 saturated carbocycles. The molecule has 0 bridgehead atoms. The Morgan fingerprint density at radius 2 is 1.65 bits per heavy atom. The van der Waals surface area contributed by atoms with Crippen molar-refractivity contribution in [3.63, 3.8) is 0 Å². The molecule has 1 N–H and O–H groups in total. The van der Waals surface area contributed by atoms with Crippen LogP contribution in [0.4, 0.5) is 5.69 Å². The number of aliphatic hydroxyl groups is 1. The van der Waals surface area contributed by atoms with Crippen LogP contribution in [0.25, 0.3) is 0 Å². The fourth-order valence-corrected chi connectivity index (χ4v) is 2.26. The van der Waals surface area contributed by atoms with Crippen molar-refractivity contribution in [1.82, 2.24) is 0 Å². The summed E-state index contributed by atoms with van der Waals surface area (Å²) in [5.41, 5.74) is 3.54. The Kier molecular flexibility index (Phi) is 5.19. The van der Waals surface area contributed by atoms with Crippen molar-refractivity contribution in [3.05, 3.63) is 65.7 Å². The van der Waals surface area contributed by atoms with E-state index in [4.69, 9.17) is 0 Å². The van der Waals surface area contributed by atoms with Gasteiger partial charge in [0, 0.05) is 19.3 Å². The van der Waals surface area contributed by atoms with Crippen LogP contribution in [0.1, 0.15) is 30.6 Å². The molecule has 2 aromatic carbocycles. The molecule has 0 aliphatic rings. The van der Waals surface area contributed by atoms with E-state index in [0.717, 1.165) is 24.9 Å². The van der Waals surface area contributed by atoms with Gasteiger partial charge in [-0.25, -0.2) is 0 Å². The zero-order chi connectivity index (χ0) is 14.4. The monoisotopic (exact) mass is 269 g/mol. The highest BCUT2D eigenvalue weighted by atomic mass is 16.3. The second kappa shape index (κ2) is 7.11. The molecular weight excluding hydrogens is 246 g/mol. The largest absolute Gasteiger partial charge is 0.388 e. The number of nitrogens with zero attached hydrogens (tertiary/aromatic N) is 1. The summed E-state index contributed by atoms with van der Waals surface area (Å²) in [4.78, 5) is 2.25. The lowest BCUT2D eigenvalue weighted by Gasteiger charge is -2.20. The third kappa shape index (κ3) is 3.84. The maximum Gasteiger partial charge on any atom is 0.0787 e. The van der Waals surface area contributed by atoms with Gasteiger partial charge in [-0.3, -0.25) is 0 Å². The first-order chi connectivity index (χ1) is 9.70. The number of aliphatic hydroxyl groups excluding tert-OH is 1. The summed E-state index contributed by atoms with van der Waals surface area (Å²) in [6.07, 6.45) is 1.44. The third-order valence-corrected chi connectivity index (χ3v) is 3.68. The fraction of sp³-hybridized carbons (Fsp3) is 0.333. The highest BCUT2D eigenvalue weighted by Gasteiger charge is 2.06. The van der Waals surface area contributed by atoms with Gasteiger partial charge in [0.15, 0.2) is 0 Å². The highest BCUT2D eigenvalue weighted by Crippen LogP contribution is 2.20. The van der Waals surface area contributed by atoms with Crippen molar-refractivity contribution in [2.45, 2.75) is 25.9 Å². The Hall–Kier alpha value is -1.80. The average molecular weight is 269 g/mol. The van der Waals surface area contributed by atoms with Gasteiger partial charge in [-0.05, 0) is 36.1 Å². The van der Waals surface area contributed by atoms with E-state index in [1.165, 1.54) is 11.3 Å². The van der Waals surface area contributed by atoms with Crippen LogP contribution >= 0.6 is 0 Å². The lowest BCUT2D eigenvalue weighted by molar-refractivity contribution is 0.173. The molecule has 0 radical (unpaired) electrons. The predicted molar refractivity (Wildman–Crippen MR) is 85.1 cm³/mol. The van der Waals surface area contributed by atoms with Gasteiger partial charge in [0.25, 0.3) is 0 Å². The van der Waals surface area contributed by atoms with Crippen molar-refractivity contribution in [2.24, 2.45) is 0 Å². The summed E-state index contributed by atoms with van der Waals surface area (Å²) in [5.74, 6) is 0. The Morgan fingerprint density at radius 3 is 2.25 bits per heavy atom. The molecule has 2 nitrogen and oxygen atoms in total. The van der Waals surface area contributed by atoms with E-state index in [-0.39, 0.29) is 6.10 Å². The van der Waals surface area contributed by atoms with Gasteiger partial charge >= 0.3 is 0 Å². The van der Waals surface area contributed by atoms with E-state index in [1.807, 2.05) is 25.1 Å². The molecule has 0 amide bonds. The van der Waals surface area contributed by atoms with E-state index in [1.54, 1.807) is 0 Å². The number of benzene rings is 2. The minimum Gasteiger partial charge on any atom is -0.388 e. The number of hydrogen-bond donors (Lipinski definition) is 1. The molecule has 2 heteroatoms. The van der Waals surface area contributed by atoms with E-state index in [2.05, 4.69) is 48.3 Å². The Bertz CT molecular complexity index is 507. The fourth-order valence-electron chi connectivity index (χ4n) is 2.26. The predicted octanol–water partition coefficient (Wildman–Crippen LogP) is 3.81. The quantitative estimate of drug-likeness (QED) is 0.862. The molecule has 1 unspecified atom stereocenters. The van der Waals surface area contributed by atoms with Gasteiger partial charge in [-0.15, -0.1) is 0 Å². The number of likely N-dealkylation sites (N-methyl/N-ethyl adjacent to an activating group) is 1. The molecular formula is C18H23NO. The summed E-state index contributed by atoms with van der Waals surface area (Å²) in [6, 6.07) is 18.7. The molecule has 20 heavy (non-hydrogen) atoms. The van der Waals surface area contributed by atoms with Gasteiger partial charge in [-0.2, -0.15) is 0 Å². The second-order valence-electron chi connectivity index (χ2n) is 5.17. The minimum atomic E-state index is -0.348. The van der Waals surface area contributed by atoms with Crippen LogP contribution in [-0.2, 0) is 6.42 Å². The van der Waals surface area contributed by atoms with Gasteiger partial charge < -0.3 is 10.0 Å². The zero-order valence-corrected chi connectivity index (χ0v) is 12.3. The van der Waals surface area contributed by atoms with Crippen LogP contribution in [0.15, 0.2) is 54.6 Å². The molecule has 0 aliphatic carbocycles. The van der Waals surface area contributed by atoms with Crippen molar-refractivity contribution in [1.29, 1.82) is 0 Å². The first-order valence-electron chi connectivity index (χ1n) is 7.23. The number of rotatable bonds is 6. The first-order valence-corrected chi connectivity index (χ1v) is 7.23. The summed E-state index contributed by atoms with van der Waals surface area (Å²) in [6.45, 7) is 2.98. The molecule has 106 valence electrons. The van der Waals surface area contributed by atoms with E-state index >= 15 is 0 Å². The lowest BCUT2D eigenvalue weighted by Crippen LogP contribution is -2.20. The van der Waals surface area contributed by atoms with E-state index < -0.39 is 0 Å². The molecule has 0 heterocycles. The van der Waals surface area contributed by atoms with E-state index in [9.17, 15) is 5.11 Å². The van der Waals surface area contributed by atoms with Crippen molar-refractivity contribution >= 4 is 5.69 Å². The van der Waals surface area contributed by atoms with Gasteiger partial charge in [0.2, 0.25) is 0 Å². The van der Waals surface area contributed by atoms with Crippen LogP contribution in [0, 0.1) is 0 Å². The van der Waals surface area contributed by atoms with Crippen LogP contribution in [-0.4, -0.2) is 18.7 Å². The molecule has 0 aromatic heterocycles. The lowest BCUT2D eigenvalue weighted by atomic mass is 10.1. The van der Waals surface area contributed by atoms with Gasteiger partial charge in [0.1, 0.15) is 0 Å². The maximum atomic E-state index is 9.80. The van der Waals surface area contributed by atoms with Crippen molar-refractivity contribution < 1.29 is 5.11 Å². The number of hydrogen-bond acceptors (Lipinski definition) is 2. The average Bonchev–Trinajstić information content (AvgIpc) is 2.53. The number of anilines is 1. The Labute approximate surface area is 121 Å². The summed E-state index contributed by atoms with van der Waals surface area (Å²) < 4.78 is 0. The molecule has 1 atom stereocenters. The topological polar surface area (TPSA) is 23.5 Å². The molecule has 0 spiro atoms. The molecule has 0 aliphatic heterocycles. The zero-order valence-electron chi connectivity index (χ0n) is 12.3. The second-order valence-corrected chi connectivity index (χ2v) is 5.17. The van der Waals surface area contributed by atoms with E-state index in [0.29, 0.717) is 0 Å². The van der Waals surface area contributed by atoms with Crippen LogP contribution in [0.3, 0.4) is 0 Å².